The number of ether oxygens (including phenoxy) is 2. The van der Waals surface area contributed by atoms with Gasteiger partial charge in [0.25, 0.3) is 0 Å². The van der Waals surface area contributed by atoms with E-state index in [1.54, 1.807) is 7.11 Å². The van der Waals surface area contributed by atoms with Gasteiger partial charge in [0.2, 0.25) is 0 Å². The second-order valence-electron chi connectivity index (χ2n) is 4.32. The van der Waals surface area contributed by atoms with E-state index in [4.69, 9.17) is 9.47 Å². The average Bonchev–Trinajstić information content (AvgIpc) is 2.30. The summed E-state index contributed by atoms with van der Waals surface area (Å²) < 4.78 is 10.5. The molecule has 17 heavy (non-hydrogen) atoms. The van der Waals surface area contributed by atoms with E-state index in [0.29, 0.717) is 25.6 Å². The SMILES string of the molecule is CCOc1cccc(C(O)CC(C)COC)c1. The molecule has 0 bridgehead atoms. The van der Waals surface area contributed by atoms with Gasteiger partial charge in [0.1, 0.15) is 5.75 Å². The van der Waals surface area contributed by atoms with Crippen LogP contribution in [0, 0.1) is 5.92 Å². The Balaban J connectivity index is 2.61. The molecule has 0 aliphatic heterocycles. The van der Waals surface area contributed by atoms with Gasteiger partial charge < -0.3 is 14.6 Å². The van der Waals surface area contributed by atoms with E-state index in [2.05, 4.69) is 6.92 Å². The predicted molar refractivity (Wildman–Crippen MR) is 68.2 cm³/mol. The number of hydrogen-bond donors (Lipinski definition) is 1. The van der Waals surface area contributed by atoms with Crippen LogP contribution in [0.25, 0.3) is 0 Å². The van der Waals surface area contributed by atoms with Gasteiger partial charge in [0.05, 0.1) is 12.7 Å². The van der Waals surface area contributed by atoms with Gasteiger partial charge in [-0.3, -0.25) is 0 Å². The molecule has 0 aliphatic rings. The Morgan fingerprint density at radius 1 is 1.35 bits per heavy atom. The van der Waals surface area contributed by atoms with Crippen molar-refractivity contribution >= 4 is 0 Å². The van der Waals surface area contributed by atoms with E-state index < -0.39 is 6.10 Å². The molecule has 0 saturated carbocycles. The van der Waals surface area contributed by atoms with Crippen molar-refractivity contribution < 1.29 is 14.6 Å². The Labute approximate surface area is 103 Å². The van der Waals surface area contributed by atoms with Gasteiger partial charge in [0.15, 0.2) is 0 Å². The van der Waals surface area contributed by atoms with Crippen molar-refractivity contribution in [3.63, 3.8) is 0 Å². The molecule has 0 aromatic heterocycles. The molecule has 3 nitrogen and oxygen atoms in total. The van der Waals surface area contributed by atoms with Crippen LogP contribution in [0.2, 0.25) is 0 Å². The summed E-state index contributed by atoms with van der Waals surface area (Å²) in [5.41, 5.74) is 0.902. The number of methoxy groups -OCH3 is 1. The van der Waals surface area contributed by atoms with Gasteiger partial charge in [-0.05, 0) is 37.0 Å². The molecule has 2 unspecified atom stereocenters. The van der Waals surface area contributed by atoms with Crippen molar-refractivity contribution in [3.8, 4) is 5.75 Å². The number of benzene rings is 1. The fourth-order valence-corrected chi connectivity index (χ4v) is 1.85. The minimum absolute atomic E-state index is 0.339. The normalized spacial score (nSPS) is 14.4. The van der Waals surface area contributed by atoms with E-state index in [9.17, 15) is 5.11 Å². The van der Waals surface area contributed by atoms with Crippen LogP contribution in [0.4, 0.5) is 0 Å². The van der Waals surface area contributed by atoms with Crippen LogP contribution in [0.3, 0.4) is 0 Å². The lowest BCUT2D eigenvalue weighted by Gasteiger charge is -2.16. The molecule has 0 spiro atoms. The van der Waals surface area contributed by atoms with Crippen molar-refractivity contribution in [2.24, 2.45) is 5.92 Å². The van der Waals surface area contributed by atoms with E-state index in [1.807, 2.05) is 31.2 Å². The largest absolute Gasteiger partial charge is 0.494 e. The van der Waals surface area contributed by atoms with Crippen molar-refractivity contribution in [2.45, 2.75) is 26.4 Å². The van der Waals surface area contributed by atoms with Crippen LogP contribution >= 0.6 is 0 Å². The monoisotopic (exact) mass is 238 g/mol. The van der Waals surface area contributed by atoms with Crippen molar-refractivity contribution in [1.82, 2.24) is 0 Å². The smallest absolute Gasteiger partial charge is 0.119 e. The highest BCUT2D eigenvalue weighted by molar-refractivity contribution is 5.29. The summed E-state index contributed by atoms with van der Waals surface area (Å²) in [6.07, 6.45) is 0.240. The highest BCUT2D eigenvalue weighted by Crippen LogP contribution is 2.24. The summed E-state index contributed by atoms with van der Waals surface area (Å²) in [7, 11) is 1.68. The van der Waals surface area contributed by atoms with Crippen LogP contribution in [-0.2, 0) is 4.74 Å². The Morgan fingerprint density at radius 2 is 2.12 bits per heavy atom. The van der Waals surface area contributed by atoms with Gasteiger partial charge in [-0.2, -0.15) is 0 Å². The standard InChI is InChI=1S/C14H22O3/c1-4-17-13-7-5-6-12(9-13)14(15)8-11(2)10-16-3/h5-7,9,11,14-15H,4,8,10H2,1-3H3. The summed E-state index contributed by atoms with van der Waals surface area (Å²) >= 11 is 0. The van der Waals surface area contributed by atoms with Crippen LogP contribution < -0.4 is 4.74 Å². The molecule has 96 valence electrons. The number of rotatable bonds is 7. The second kappa shape index (κ2) is 7.30. The lowest BCUT2D eigenvalue weighted by atomic mass is 9.99. The Morgan fingerprint density at radius 3 is 2.76 bits per heavy atom. The first kappa shape index (κ1) is 14.0. The third-order valence-corrected chi connectivity index (χ3v) is 2.63. The van der Waals surface area contributed by atoms with Crippen LogP contribution in [0.15, 0.2) is 24.3 Å². The molecule has 1 rings (SSSR count). The molecule has 0 aliphatic carbocycles. The molecular formula is C14H22O3. The summed E-state index contributed by atoms with van der Waals surface area (Å²) in [6.45, 7) is 5.32. The van der Waals surface area contributed by atoms with E-state index in [0.717, 1.165) is 11.3 Å². The first-order chi connectivity index (χ1) is 8.17. The number of aliphatic hydroxyl groups excluding tert-OH is 1. The molecule has 2 atom stereocenters. The van der Waals surface area contributed by atoms with Crippen molar-refractivity contribution in [3.05, 3.63) is 29.8 Å². The van der Waals surface area contributed by atoms with Gasteiger partial charge >= 0.3 is 0 Å². The summed E-state index contributed by atoms with van der Waals surface area (Å²) in [4.78, 5) is 0. The topological polar surface area (TPSA) is 38.7 Å². The zero-order chi connectivity index (χ0) is 12.7. The minimum atomic E-state index is -0.458. The van der Waals surface area contributed by atoms with Gasteiger partial charge in [0, 0.05) is 13.7 Å². The Bertz CT molecular complexity index is 325. The fourth-order valence-electron chi connectivity index (χ4n) is 1.85. The maximum absolute atomic E-state index is 10.1. The molecule has 0 radical (unpaired) electrons. The Kier molecular flexibility index (Phi) is 6.01. The maximum Gasteiger partial charge on any atom is 0.119 e. The van der Waals surface area contributed by atoms with Crippen LogP contribution in [-0.4, -0.2) is 25.4 Å². The molecule has 0 fully saturated rings. The van der Waals surface area contributed by atoms with Crippen molar-refractivity contribution in [2.75, 3.05) is 20.3 Å². The summed E-state index contributed by atoms with van der Waals surface area (Å²) in [5.74, 6) is 1.15. The third-order valence-electron chi connectivity index (χ3n) is 2.63. The molecule has 0 amide bonds. The first-order valence-electron chi connectivity index (χ1n) is 6.07. The first-order valence-corrected chi connectivity index (χ1v) is 6.07. The Hall–Kier alpha value is -1.06. The van der Waals surface area contributed by atoms with Crippen molar-refractivity contribution in [1.29, 1.82) is 0 Å². The maximum atomic E-state index is 10.1. The van der Waals surface area contributed by atoms with Crippen LogP contribution in [0.1, 0.15) is 31.9 Å². The average molecular weight is 238 g/mol. The lowest BCUT2D eigenvalue weighted by molar-refractivity contribution is 0.102. The van der Waals surface area contributed by atoms with Gasteiger partial charge in [-0.1, -0.05) is 19.1 Å². The van der Waals surface area contributed by atoms with Gasteiger partial charge in [-0.15, -0.1) is 0 Å². The fraction of sp³-hybridized carbons (Fsp3) is 0.571. The summed E-state index contributed by atoms with van der Waals surface area (Å²) in [6, 6.07) is 7.63. The molecule has 0 heterocycles. The molecule has 0 saturated heterocycles. The molecule has 1 aromatic carbocycles. The number of aliphatic hydroxyl groups is 1. The highest BCUT2D eigenvalue weighted by Gasteiger charge is 2.12. The highest BCUT2D eigenvalue weighted by atomic mass is 16.5. The molecule has 1 aromatic rings. The minimum Gasteiger partial charge on any atom is -0.494 e. The molecular weight excluding hydrogens is 216 g/mol. The van der Waals surface area contributed by atoms with E-state index in [-0.39, 0.29) is 0 Å². The second-order valence-corrected chi connectivity index (χ2v) is 4.32. The van der Waals surface area contributed by atoms with E-state index in [1.165, 1.54) is 0 Å². The predicted octanol–water partition coefficient (Wildman–Crippen LogP) is 2.79. The summed E-state index contributed by atoms with van der Waals surface area (Å²) in [5, 5.41) is 10.1. The zero-order valence-corrected chi connectivity index (χ0v) is 10.8. The third kappa shape index (κ3) is 4.75. The molecule has 3 heteroatoms. The van der Waals surface area contributed by atoms with Crippen LogP contribution in [0.5, 0.6) is 5.75 Å². The van der Waals surface area contributed by atoms with E-state index >= 15 is 0 Å². The molecule has 1 N–H and O–H groups in total. The zero-order valence-electron chi connectivity index (χ0n) is 10.8. The number of hydrogen-bond acceptors (Lipinski definition) is 3. The quantitative estimate of drug-likeness (QED) is 0.794. The van der Waals surface area contributed by atoms with Gasteiger partial charge in [-0.25, -0.2) is 0 Å². The lowest BCUT2D eigenvalue weighted by Crippen LogP contribution is -2.09.